The van der Waals surface area contributed by atoms with E-state index in [1.54, 1.807) is 36.4 Å². The highest BCUT2D eigenvalue weighted by Crippen LogP contribution is 2.33. The van der Waals surface area contributed by atoms with E-state index in [0.717, 1.165) is 17.7 Å². The predicted octanol–water partition coefficient (Wildman–Crippen LogP) is 3.61. The molecule has 2 aliphatic heterocycles. The summed E-state index contributed by atoms with van der Waals surface area (Å²) in [4.78, 5) is 34.9. The number of aromatic nitrogens is 1. The third-order valence-electron chi connectivity index (χ3n) is 7.43. The van der Waals surface area contributed by atoms with Crippen LogP contribution in [0.1, 0.15) is 41.3 Å². The van der Waals surface area contributed by atoms with E-state index in [4.69, 9.17) is 19.9 Å². The monoisotopic (exact) mass is 559 g/mol. The van der Waals surface area contributed by atoms with Gasteiger partial charge in [-0.1, -0.05) is 25.1 Å². The van der Waals surface area contributed by atoms with Crippen molar-refractivity contribution in [2.24, 2.45) is 0 Å². The lowest BCUT2D eigenvalue weighted by Gasteiger charge is -2.39. The minimum atomic E-state index is -0.272. The van der Waals surface area contributed by atoms with Gasteiger partial charge in [-0.3, -0.25) is 14.5 Å². The van der Waals surface area contributed by atoms with E-state index >= 15 is 0 Å². The average Bonchev–Trinajstić information content (AvgIpc) is 2.97. The Hall–Kier alpha value is -4.15. The van der Waals surface area contributed by atoms with Crippen molar-refractivity contribution in [1.82, 2.24) is 20.1 Å². The topological polar surface area (TPSA) is 119 Å². The first-order valence-electron chi connectivity index (χ1n) is 14.0. The number of hydrogen-bond acceptors (Lipinski definition) is 8. The van der Waals surface area contributed by atoms with E-state index in [0.29, 0.717) is 67.7 Å². The van der Waals surface area contributed by atoms with Gasteiger partial charge in [-0.25, -0.2) is 4.98 Å². The second-order valence-corrected chi connectivity index (χ2v) is 10.4. The van der Waals surface area contributed by atoms with Crippen molar-refractivity contribution in [2.75, 3.05) is 39.0 Å². The lowest BCUT2D eigenvalue weighted by atomic mass is 10.0. The molecule has 2 atom stereocenters. The molecule has 0 unspecified atom stereocenters. The standard InChI is InChI=1S/C31H37N5O5/c1-3-13-36-19-29(37)34-25-11-14-35(17-23-7-5-12-33-30(23)32)18-28(25)40-20-21-6-4-8-24(15-21)41-27-16-22(31(36)38)9-10-26(27)39-2/h4-10,12,15-16,25,28H,3,11,13-14,17-20H2,1-2H3,(H2,32,33)(H,34,37)/t25-,28-/m0/s1. The third-order valence-corrected chi connectivity index (χ3v) is 7.43. The van der Waals surface area contributed by atoms with Crippen LogP contribution in [0.3, 0.4) is 0 Å². The molecule has 3 aromatic rings. The van der Waals surface area contributed by atoms with Crippen LogP contribution in [0.2, 0.25) is 0 Å². The molecule has 4 bridgehead atoms. The van der Waals surface area contributed by atoms with E-state index in [9.17, 15) is 9.59 Å². The van der Waals surface area contributed by atoms with Crippen LogP contribution in [0.25, 0.3) is 0 Å². The molecular formula is C31H37N5O5. The summed E-state index contributed by atoms with van der Waals surface area (Å²) in [7, 11) is 1.56. The predicted molar refractivity (Wildman–Crippen MR) is 155 cm³/mol. The summed E-state index contributed by atoms with van der Waals surface area (Å²) in [5, 5.41) is 3.17. The molecule has 10 nitrogen and oxygen atoms in total. The number of likely N-dealkylation sites (tertiary alicyclic amines) is 1. The van der Waals surface area contributed by atoms with Crippen LogP contribution in [0, 0.1) is 0 Å². The Balaban J connectivity index is 1.43. The van der Waals surface area contributed by atoms with Gasteiger partial charge in [0, 0.05) is 43.5 Å². The third kappa shape index (κ3) is 6.96. The number of methoxy groups -OCH3 is 1. The maximum atomic E-state index is 13.5. The van der Waals surface area contributed by atoms with E-state index in [1.807, 2.05) is 43.3 Å². The number of anilines is 1. The smallest absolute Gasteiger partial charge is 0.254 e. The zero-order valence-corrected chi connectivity index (χ0v) is 23.5. The molecule has 5 rings (SSSR count). The fraction of sp³-hybridized carbons (Fsp3) is 0.387. The highest BCUT2D eigenvalue weighted by atomic mass is 16.5. The van der Waals surface area contributed by atoms with E-state index in [-0.39, 0.29) is 30.5 Å². The SMILES string of the molecule is CCCN1CC(=O)N[C@H]2CCN(Cc3cccnc3N)C[C@@H]2OCc2cccc(c2)Oc2cc(ccc2OC)C1=O. The van der Waals surface area contributed by atoms with Crippen LogP contribution in [-0.4, -0.2) is 72.0 Å². The molecule has 1 aromatic heterocycles. The van der Waals surface area contributed by atoms with Crippen molar-refractivity contribution in [3.63, 3.8) is 0 Å². The molecule has 0 radical (unpaired) electrons. The molecule has 2 aliphatic rings. The van der Waals surface area contributed by atoms with Crippen LogP contribution in [0.4, 0.5) is 5.82 Å². The fourth-order valence-electron chi connectivity index (χ4n) is 5.33. The Morgan fingerprint density at radius 3 is 2.83 bits per heavy atom. The molecule has 216 valence electrons. The molecule has 41 heavy (non-hydrogen) atoms. The van der Waals surface area contributed by atoms with Gasteiger partial charge < -0.3 is 30.2 Å². The molecule has 1 fully saturated rings. The summed E-state index contributed by atoms with van der Waals surface area (Å²) in [6, 6.07) is 16.4. The van der Waals surface area contributed by atoms with Gasteiger partial charge in [-0.2, -0.15) is 0 Å². The Morgan fingerprint density at radius 1 is 1.15 bits per heavy atom. The van der Waals surface area contributed by atoms with Crippen molar-refractivity contribution in [2.45, 2.75) is 45.1 Å². The van der Waals surface area contributed by atoms with Gasteiger partial charge in [0.05, 0.1) is 32.4 Å². The molecule has 3 N–H and O–H groups in total. The average molecular weight is 560 g/mol. The van der Waals surface area contributed by atoms with Crippen molar-refractivity contribution in [1.29, 1.82) is 0 Å². The zero-order valence-electron chi connectivity index (χ0n) is 23.5. The molecule has 3 heterocycles. The first-order valence-corrected chi connectivity index (χ1v) is 14.0. The molecule has 10 heteroatoms. The highest BCUT2D eigenvalue weighted by Gasteiger charge is 2.32. The summed E-state index contributed by atoms with van der Waals surface area (Å²) < 4.78 is 18.1. The van der Waals surface area contributed by atoms with Gasteiger partial charge in [0.15, 0.2) is 11.5 Å². The number of piperidine rings is 1. The number of fused-ring (bicyclic) bond motifs is 5. The Kier molecular flexibility index (Phi) is 9.01. The van der Waals surface area contributed by atoms with Crippen LogP contribution in [0.5, 0.6) is 17.2 Å². The number of carbonyl (C=O) groups is 2. The van der Waals surface area contributed by atoms with Crippen molar-refractivity contribution in [3.8, 4) is 17.2 Å². The first-order chi connectivity index (χ1) is 19.9. The zero-order chi connectivity index (χ0) is 28.8. The highest BCUT2D eigenvalue weighted by molar-refractivity contribution is 5.97. The van der Waals surface area contributed by atoms with Gasteiger partial charge in [-0.15, -0.1) is 0 Å². The summed E-state index contributed by atoms with van der Waals surface area (Å²) in [5.74, 6) is 1.58. The van der Waals surface area contributed by atoms with Crippen molar-refractivity contribution >= 4 is 17.6 Å². The second-order valence-electron chi connectivity index (χ2n) is 10.4. The van der Waals surface area contributed by atoms with E-state index in [1.165, 1.54) is 0 Å². The lowest BCUT2D eigenvalue weighted by molar-refractivity contribution is -0.125. The Morgan fingerprint density at radius 2 is 2.02 bits per heavy atom. The quantitative estimate of drug-likeness (QED) is 0.487. The second kappa shape index (κ2) is 13.0. The van der Waals surface area contributed by atoms with Crippen molar-refractivity contribution < 1.29 is 23.8 Å². The van der Waals surface area contributed by atoms with Crippen LogP contribution >= 0.6 is 0 Å². The summed E-state index contributed by atoms with van der Waals surface area (Å²) in [5.41, 5.74) is 8.41. The molecule has 2 amide bonds. The Labute approximate surface area is 240 Å². The van der Waals surface area contributed by atoms with Crippen molar-refractivity contribution in [3.05, 3.63) is 77.5 Å². The molecular weight excluding hydrogens is 522 g/mol. The number of ether oxygens (including phenoxy) is 3. The van der Waals surface area contributed by atoms with Crippen LogP contribution in [-0.2, 0) is 22.7 Å². The number of benzene rings is 2. The minimum Gasteiger partial charge on any atom is -0.493 e. The first kappa shape index (κ1) is 28.4. The number of pyridine rings is 1. The number of rotatable bonds is 5. The number of carbonyl (C=O) groups excluding carboxylic acids is 2. The van der Waals surface area contributed by atoms with Crippen LogP contribution in [0.15, 0.2) is 60.8 Å². The molecule has 0 saturated carbocycles. The van der Waals surface area contributed by atoms with E-state index in [2.05, 4.69) is 15.2 Å². The lowest BCUT2D eigenvalue weighted by Crippen LogP contribution is -2.56. The molecule has 1 saturated heterocycles. The maximum absolute atomic E-state index is 13.5. The summed E-state index contributed by atoms with van der Waals surface area (Å²) in [6.45, 7) is 4.73. The van der Waals surface area contributed by atoms with Crippen LogP contribution < -0.4 is 20.5 Å². The van der Waals surface area contributed by atoms with Gasteiger partial charge in [-0.05, 0) is 54.8 Å². The minimum absolute atomic E-state index is 0.0485. The van der Waals surface area contributed by atoms with Gasteiger partial charge in [0.1, 0.15) is 11.6 Å². The van der Waals surface area contributed by atoms with Gasteiger partial charge in [0.2, 0.25) is 5.91 Å². The normalized spacial score (nSPS) is 20.1. The number of nitrogens with zero attached hydrogens (tertiary/aromatic N) is 3. The number of nitrogens with one attached hydrogen (secondary N) is 1. The Bertz CT molecular complexity index is 1380. The number of nitrogen functional groups attached to an aromatic ring is 1. The maximum Gasteiger partial charge on any atom is 0.254 e. The van der Waals surface area contributed by atoms with Gasteiger partial charge in [0.25, 0.3) is 5.91 Å². The fourth-order valence-corrected chi connectivity index (χ4v) is 5.33. The molecule has 0 spiro atoms. The molecule has 2 aromatic carbocycles. The largest absolute Gasteiger partial charge is 0.493 e. The number of nitrogens with two attached hydrogens (primary N) is 1. The molecule has 0 aliphatic carbocycles. The summed E-state index contributed by atoms with van der Waals surface area (Å²) >= 11 is 0. The number of hydrogen-bond donors (Lipinski definition) is 2. The summed E-state index contributed by atoms with van der Waals surface area (Å²) in [6.07, 6.45) is 2.82. The van der Waals surface area contributed by atoms with Gasteiger partial charge >= 0.3 is 0 Å². The van der Waals surface area contributed by atoms with E-state index < -0.39 is 0 Å². The number of amides is 2.